The van der Waals surface area contributed by atoms with E-state index in [4.69, 9.17) is 9.15 Å². The van der Waals surface area contributed by atoms with E-state index in [9.17, 15) is 9.59 Å². The molecule has 0 bridgehead atoms. The van der Waals surface area contributed by atoms with E-state index >= 15 is 0 Å². The number of nitrogens with zero attached hydrogens (tertiary/aromatic N) is 2. The van der Waals surface area contributed by atoms with Crippen molar-refractivity contribution in [3.63, 3.8) is 0 Å². The van der Waals surface area contributed by atoms with Gasteiger partial charge in [0, 0.05) is 19.0 Å². The highest BCUT2D eigenvalue weighted by Gasteiger charge is 2.28. The molecule has 1 aliphatic heterocycles. The largest absolute Gasteiger partial charge is 0.455 e. The van der Waals surface area contributed by atoms with E-state index in [1.807, 2.05) is 30.3 Å². The number of oxazole rings is 1. The minimum absolute atomic E-state index is 0.104. The molecule has 1 fully saturated rings. The number of carbonyl (C=O) groups is 2. The van der Waals surface area contributed by atoms with Gasteiger partial charge in [0.2, 0.25) is 0 Å². The van der Waals surface area contributed by atoms with Crippen molar-refractivity contribution in [3.05, 3.63) is 42.3 Å². The molecule has 142 valence electrons. The van der Waals surface area contributed by atoms with Gasteiger partial charge in [0.15, 0.2) is 18.1 Å². The number of fused-ring (bicyclic) bond motifs is 1. The number of ether oxygens (including phenoxy) is 1. The van der Waals surface area contributed by atoms with Gasteiger partial charge in [-0.15, -0.1) is 0 Å². The second-order valence-electron chi connectivity index (χ2n) is 7.26. The van der Waals surface area contributed by atoms with E-state index in [0.717, 1.165) is 42.7 Å². The maximum Gasteiger partial charge on any atom is 0.309 e. The zero-order valence-electron chi connectivity index (χ0n) is 15.3. The molecule has 1 amide bonds. The number of piperidine rings is 1. The van der Waals surface area contributed by atoms with E-state index in [2.05, 4.69) is 11.1 Å². The van der Waals surface area contributed by atoms with Gasteiger partial charge in [0.25, 0.3) is 5.91 Å². The summed E-state index contributed by atoms with van der Waals surface area (Å²) in [5.41, 5.74) is 1.67. The molecule has 0 N–H and O–H groups in total. The average Bonchev–Trinajstić information content (AvgIpc) is 3.17. The van der Waals surface area contributed by atoms with Gasteiger partial charge in [0.1, 0.15) is 5.52 Å². The highest BCUT2D eigenvalue weighted by molar-refractivity contribution is 5.81. The van der Waals surface area contributed by atoms with Crippen LogP contribution >= 0.6 is 0 Å². The average molecular weight is 368 g/mol. The van der Waals surface area contributed by atoms with E-state index in [1.165, 1.54) is 0 Å². The Morgan fingerprint density at radius 1 is 1.15 bits per heavy atom. The first kappa shape index (κ1) is 17.8. The van der Waals surface area contributed by atoms with Crippen LogP contribution in [0.25, 0.3) is 11.1 Å². The molecular weight excluding hydrogens is 344 g/mol. The first-order valence-corrected chi connectivity index (χ1v) is 9.65. The maximum absolute atomic E-state index is 12.4. The summed E-state index contributed by atoms with van der Waals surface area (Å²) < 4.78 is 11.1. The number of allylic oxidation sites excluding steroid dienone is 2. The number of rotatable bonds is 4. The Hall–Kier alpha value is -2.63. The number of hydrogen-bond acceptors (Lipinski definition) is 5. The summed E-state index contributed by atoms with van der Waals surface area (Å²) in [7, 11) is 0. The van der Waals surface area contributed by atoms with Crippen LogP contribution in [0.2, 0.25) is 0 Å². The number of likely N-dealkylation sites (tertiary alicyclic amines) is 1. The van der Waals surface area contributed by atoms with Gasteiger partial charge in [-0.05, 0) is 44.2 Å². The summed E-state index contributed by atoms with van der Waals surface area (Å²) in [5.74, 6) is 0.491. The summed E-state index contributed by atoms with van der Waals surface area (Å²) in [6, 6.07) is 7.74. The van der Waals surface area contributed by atoms with Crippen LogP contribution in [0.15, 0.2) is 40.8 Å². The van der Waals surface area contributed by atoms with Crippen molar-refractivity contribution < 1.29 is 18.7 Å². The Bertz CT molecular complexity index is 816. The molecule has 0 unspecified atom stereocenters. The third kappa shape index (κ3) is 4.04. The number of benzene rings is 1. The summed E-state index contributed by atoms with van der Waals surface area (Å²) in [6.07, 6.45) is 8.11. The SMILES string of the molecule is O=C(OCC(=O)N1CCC(c2nc3ccccc3o2)CC1)[C@H]1CC=CCC1. The number of aromatic nitrogens is 1. The fraction of sp³-hybridized carbons (Fsp3) is 0.476. The predicted molar refractivity (Wildman–Crippen MR) is 100 cm³/mol. The van der Waals surface area contributed by atoms with Crippen molar-refractivity contribution in [3.8, 4) is 0 Å². The minimum atomic E-state index is -0.255. The van der Waals surface area contributed by atoms with Crippen LogP contribution in [0.4, 0.5) is 0 Å². The Kier molecular flexibility index (Phi) is 5.23. The van der Waals surface area contributed by atoms with Crippen molar-refractivity contribution in [2.75, 3.05) is 19.7 Å². The standard InChI is InChI=1S/C21H24N2O4/c24-19(14-26-21(25)16-6-2-1-3-7-16)23-12-10-15(11-13-23)20-22-17-8-4-5-9-18(17)27-20/h1-2,4-5,8-9,15-16H,3,6-7,10-14H2/t16-/m0/s1. The molecule has 2 aromatic rings. The Morgan fingerprint density at radius 2 is 1.96 bits per heavy atom. The Labute approximate surface area is 158 Å². The third-order valence-electron chi connectivity index (χ3n) is 5.45. The van der Waals surface area contributed by atoms with E-state index in [-0.39, 0.29) is 30.3 Å². The van der Waals surface area contributed by atoms with Crippen molar-refractivity contribution in [2.24, 2.45) is 5.92 Å². The fourth-order valence-corrected chi connectivity index (χ4v) is 3.79. The third-order valence-corrected chi connectivity index (χ3v) is 5.45. The molecule has 1 saturated heterocycles. The second kappa shape index (κ2) is 7.94. The Balaban J connectivity index is 1.26. The van der Waals surface area contributed by atoms with E-state index < -0.39 is 0 Å². The molecule has 1 aromatic heterocycles. The van der Waals surface area contributed by atoms with Crippen LogP contribution in [0.1, 0.15) is 43.9 Å². The number of para-hydroxylation sites is 2. The topological polar surface area (TPSA) is 72.6 Å². The van der Waals surface area contributed by atoms with Gasteiger partial charge in [-0.1, -0.05) is 24.3 Å². The zero-order valence-corrected chi connectivity index (χ0v) is 15.3. The maximum atomic E-state index is 12.4. The molecule has 1 atom stereocenters. The molecule has 1 aliphatic carbocycles. The summed E-state index contributed by atoms with van der Waals surface area (Å²) in [4.78, 5) is 30.8. The first-order chi connectivity index (χ1) is 13.2. The van der Waals surface area contributed by atoms with Crippen LogP contribution in [-0.4, -0.2) is 41.5 Å². The Morgan fingerprint density at radius 3 is 2.70 bits per heavy atom. The smallest absolute Gasteiger partial charge is 0.309 e. The lowest BCUT2D eigenvalue weighted by Gasteiger charge is -2.30. The van der Waals surface area contributed by atoms with Crippen LogP contribution in [-0.2, 0) is 14.3 Å². The van der Waals surface area contributed by atoms with Crippen molar-refractivity contribution >= 4 is 23.0 Å². The lowest BCUT2D eigenvalue weighted by atomic mass is 9.95. The van der Waals surface area contributed by atoms with E-state index in [1.54, 1.807) is 4.90 Å². The van der Waals surface area contributed by atoms with Crippen molar-refractivity contribution in [2.45, 2.75) is 38.0 Å². The normalized spacial score (nSPS) is 20.7. The van der Waals surface area contributed by atoms with E-state index in [0.29, 0.717) is 19.5 Å². The van der Waals surface area contributed by atoms with Crippen molar-refractivity contribution in [1.29, 1.82) is 0 Å². The van der Waals surface area contributed by atoms with Gasteiger partial charge in [-0.3, -0.25) is 9.59 Å². The van der Waals surface area contributed by atoms with Gasteiger partial charge in [0.05, 0.1) is 5.92 Å². The number of hydrogen-bond donors (Lipinski definition) is 0. The molecule has 0 radical (unpaired) electrons. The number of esters is 1. The monoisotopic (exact) mass is 368 g/mol. The first-order valence-electron chi connectivity index (χ1n) is 9.65. The van der Waals surface area contributed by atoms with Gasteiger partial charge in [-0.25, -0.2) is 4.98 Å². The highest BCUT2D eigenvalue weighted by Crippen LogP contribution is 2.30. The lowest BCUT2D eigenvalue weighted by molar-refractivity contribution is -0.156. The molecule has 0 saturated carbocycles. The molecule has 4 rings (SSSR count). The second-order valence-corrected chi connectivity index (χ2v) is 7.26. The number of amides is 1. The number of carbonyl (C=O) groups excluding carboxylic acids is 2. The van der Waals surface area contributed by atoms with Crippen LogP contribution in [0.5, 0.6) is 0 Å². The molecule has 6 heteroatoms. The minimum Gasteiger partial charge on any atom is -0.455 e. The van der Waals surface area contributed by atoms with Gasteiger partial charge in [-0.2, -0.15) is 0 Å². The zero-order chi connectivity index (χ0) is 18.6. The molecule has 0 spiro atoms. The van der Waals surface area contributed by atoms with Crippen LogP contribution in [0, 0.1) is 5.92 Å². The van der Waals surface area contributed by atoms with Gasteiger partial charge < -0.3 is 14.1 Å². The molecular formula is C21H24N2O4. The summed E-state index contributed by atoms with van der Waals surface area (Å²) in [6.45, 7) is 1.10. The molecule has 2 aliphatic rings. The highest BCUT2D eigenvalue weighted by atomic mass is 16.5. The lowest BCUT2D eigenvalue weighted by Crippen LogP contribution is -2.40. The quantitative estimate of drug-likeness (QED) is 0.611. The van der Waals surface area contributed by atoms with Crippen LogP contribution in [0.3, 0.4) is 0 Å². The van der Waals surface area contributed by atoms with Crippen LogP contribution < -0.4 is 0 Å². The predicted octanol–water partition coefficient (Wildman–Crippen LogP) is 3.43. The van der Waals surface area contributed by atoms with Crippen molar-refractivity contribution in [1.82, 2.24) is 9.88 Å². The summed E-state index contributed by atoms with van der Waals surface area (Å²) >= 11 is 0. The summed E-state index contributed by atoms with van der Waals surface area (Å²) in [5, 5.41) is 0. The fourth-order valence-electron chi connectivity index (χ4n) is 3.79. The molecule has 2 heterocycles. The molecule has 1 aromatic carbocycles. The van der Waals surface area contributed by atoms with Gasteiger partial charge >= 0.3 is 5.97 Å². The molecule has 6 nitrogen and oxygen atoms in total. The molecule has 27 heavy (non-hydrogen) atoms.